The minimum absolute atomic E-state index is 0.0256. The zero-order chi connectivity index (χ0) is 13.1. The molecule has 0 bridgehead atoms. The molecule has 0 aromatic heterocycles. The first-order valence-electron chi connectivity index (χ1n) is 6.58. The van der Waals surface area contributed by atoms with E-state index in [2.05, 4.69) is 12.2 Å². The Balaban J connectivity index is 1.70. The van der Waals surface area contributed by atoms with Crippen LogP contribution in [0, 0.1) is 5.92 Å². The van der Waals surface area contributed by atoms with Crippen molar-refractivity contribution in [1.29, 1.82) is 0 Å². The quantitative estimate of drug-likeness (QED) is 0.474. The molecule has 6 heteroatoms. The van der Waals surface area contributed by atoms with Crippen molar-refractivity contribution < 1.29 is 14.6 Å². The summed E-state index contributed by atoms with van der Waals surface area (Å²) in [6.07, 6.45) is 2.98. The maximum absolute atomic E-state index is 10.5. The number of aliphatic carboxylic acids is 1. The second kappa shape index (κ2) is 6.23. The predicted molar refractivity (Wildman–Crippen MR) is 71.3 cm³/mol. The molecule has 0 radical (unpaired) electrons. The fourth-order valence-electron chi connectivity index (χ4n) is 2.45. The van der Waals surface area contributed by atoms with Crippen molar-refractivity contribution in [2.45, 2.75) is 56.4 Å². The Morgan fingerprint density at radius 3 is 2.89 bits per heavy atom. The molecule has 2 rings (SSSR count). The number of thioether (sulfide) groups is 1. The standard InChI is InChI=1S/C12H22N2O3S/c1-7-6-18-8(4-2-3-5-9(15)16)10(7)14-12-11(13)17-12/h7-8,10-12,14H,2-6,13H2,1H3,(H,15,16). The molecule has 18 heavy (non-hydrogen) atoms. The third-order valence-electron chi connectivity index (χ3n) is 3.60. The second-order valence-corrected chi connectivity index (χ2v) is 6.47. The van der Waals surface area contributed by atoms with Gasteiger partial charge in [0, 0.05) is 17.7 Å². The molecule has 2 saturated heterocycles. The first kappa shape index (κ1) is 14.1. The van der Waals surface area contributed by atoms with Gasteiger partial charge in [-0.1, -0.05) is 13.3 Å². The van der Waals surface area contributed by atoms with Gasteiger partial charge in [-0.2, -0.15) is 11.8 Å². The highest BCUT2D eigenvalue weighted by Crippen LogP contribution is 2.36. The summed E-state index contributed by atoms with van der Waals surface area (Å²) in [5.41, 5.74) is 5.63. The van der Waals surface area contributed by atoms with Crippen molar-refractivity contribution in [3.8, 4) is 0 Å². The Morgan fingerprint density at radius 2 is 2.28 bits per heavy atom. The highest BCUT2D eigenvalue weighted by atomic mass is 32.2. The maximum Gasteiger partial charge on any atom is 0.303 e. The van der Waals surface area contributed by atoms with Gasteiger partial charge >= 0.3 is 5.97 Å². The molecule has 0 amide bonds. The highest BCUT2D eigenvalue weighted by Gasteiger charge is 2.42. The Kier molecular flexibility index (Phi) is 4.89. The average molecular weight is 274 g/mol. The Hall–Kier alpha value is -0.300. The monoisotopic (exact) mass is 274 g/mol. The molecule has 5 atom stereocenters. The molecule has 2 fully saturated rings. The lowest BCUT2D eigenvalue weighted by Crippen LogP contribution is -2.42. The van der Waals surface area contributed by atoms with Crippen molar-refractivity contribution in [2.75, 3.05) is 5.75 Å². The van der Waals surface area contributed by atoms with Gasteiger partial charge in [0.15, 0.2) is 6.23 Å². The van der Waals surface area contributed by atoms with Crippen molar-refractivity contribution in [3.63, 3.8) is 0 Å². The van der Waals surface area contributed by atoms with Crippen molar-refractivity contribution in [2.24, 2.45) is 11.7 Å². The van der Waals surface area contributed by atoms with Crippen LogP contribution in [0.3, 0.4) is 0 Å². The van der Waals surface area contributed by atoms with E-state index in [1.807, 2.05) is 11.8 Å². The molecular weight excluding hydrogens is 252 g/mol. The molecule has 4 N–H and O–H groups in total. The van der Waals surface area contributed by atoms with E-state index in [9.17, 15) is 4.79 Å². The fraction of sp³-hybridized carbons (Fsp3) is 0.917. The largest absolute Gasteiger partial charge is 0.481 e. The number of rotatable bonds is 7. The first-order valence-corrected chi connectivity index (χ1v) is 7.63. The zero-order valence-corrected chi connectivity index (χ0v) is 11.5. The Labute approximate surface area is 112 Å². The van der Waals surface area contributed by atoms with Gasteiger partial charge in [-0.05, 0) is 24.5 Å². The van der Waals surface area contributed by atoms with Crippen LogP contribution in [0.15, 0.2) is 0 Å². The number of carbonyl (C=O) groups is 1. The van der Waals surface area contributed by atoms with E-state index in [1.54, 1.807) is 0 Å². The third kappa shape index (κ3) is 3.85. The summed E-state index contributed by atoms with van der Waals surface area (Å²) in [5, 5.41) is 12.6. The van der Waals surface area contributed by atoms with Gasteiger partial charge in [0.1, 0.15) is 6.23 Å². The smallest absolute Gasteiger partial charge is 0.303 e. The number of hydrogen-bond acceptors (Lipinski definition) is 5. The van der Waals surface area contributed by atoms with Crippen LogP contribution in [-0.4, -0.2) is 40.6 Å². The van der Waals surface area contributed by atoms with Crippen LogP contribution in [0.5, 0.6) is 0 Å². The summed E-state index contributed by atoms with van der Waals surface area (Å²) in [5.74, 6) is 1.08. The number of unbranched alkanes of at least 4 members (excludes halogenated alkanes) is 1. The Morgan fingerprint density at radius 1 is 1.56 bits per heavy atom. The highest BCUT2D eigenvalue weighted by molar-refractivity contribution is 8.00. The normalized spacial score (nSPS) is 38.9. The van der Waals surface area contributed by atoms with E-state index in [1.165, 1.54) is 0 Å². The van der Waals surface area contributed by atoms with E-state index in [0.717, 1.165) is 25.0 Å². The van der Waals surface area contributed by atoms with Crippen molar-refractivity contribution in [3.05, 3.63) is 0 Å². The summed E-state index contributed by atoms with van der Waals surface area (Å²) >= 11 is 1.98. The number of nitrogens with one attached hydrogen (secondary N) is 1. The number of nitrogens with two attached hydrogens (primary N) is 1. The zero-order valence-electron chi connectivity index (χ0n) is 10.7. The maximum atomic E-state index is 10.5. The van der Waals surface area contributed by atoms with Crippen LogP contribution >= 0.6 is 11.8 Å². The van der Waals surface area contributed by atoms with Gasteiger partial charge in [0.25, 0.3) is 0 Å². The lowest BCUT2D eigenvalue weighted by molar-refractivity contribution is -0.137. The molecular formula is C12H22N2O3S. The van der Waals surface area contributed by atoms with E-state index >= 15 is 0 Å². The summed E-state index contributed by atoms with van der Waals surface area (Å²) in [4.78, 5) is 10.5. The van der Waals surface area contributed by atoms with Gasteiger partial charge in [-0.25, -0.2) is 0 Å². The molecule has 0 saturated carbocycles. The van der Waals surface area contributed by atoms with Crippen molar-refractivity contribution in [1.82, 2.24) is 5.32 Å². The minimum Gasteiger partial charge on any atom is -0.481 e. The SMILES string of the molecule is CC1CSC(CCCCC(=O)O)C1NC1OC1N. The van der Waals surface area contributed by atoms with E-state index in [0.29, 0.717) is 17.2 Å². The predicted octanol–water partition coefficient (Wildman–Crippen LogP) is 0.982. The number of carboxylic acid groups (broad SMARTS) is 1. The van der Waals surface area contributed by atoms with Crippen LogP contribution in [-0.2, 0) is 9.53 Å². The van der Waals surface area contributed by atoms with Crippen LogP contribution in [0.4, 0.5) is 0 Å². The molecule has 104 valence electrons. The van der Waals surface area contributed by atoms with E-state index < -0.39 is 5.97 Å². The molecule has 0 aromatic rings. The molecule has 5 unspecified atom stereocenters. The summed E-state index contributed by atoms with van der Waals surface area (Å²) in [7, 11) is 0. The minimum atomic E-state index is -0.700. The summed E-state index contributed by atoms with van der Waals surface area (Å²) in [6.45, 7) is 2.25. The molecule has 0 aromatic carbocycles. The number of hydrogen-bond donors (Lipinski definition) is 3. The van der Waals surface area contributed by atoms with E-state index in [-0.39, 0.29) is 18.9 Å². The molecule has 2 aliphatic rings. The number of ether oxygens (including phenoxy) is 1. The average Bonchev–Trinajstić information content (AvgIpc) is 2.89. The first-order chi connectivity index (χ1) is 8.58. The topological polar surface area (TPSA) is 87.9 Å². The van der Waals surface area contributed by atoms with Gasteiger partial charge < -0.3 is 15.6 Å². The molecule has 2 aliphatic heterocycles. The molecule has 5 nitrogen and oxygen atoms in total. The van der Waals surface area contributed by atoms with Crippen LogP contribution < -0.4 is 11.1 Å². The van der Waals surface area contributed by atoms with Crippen LogP contribution in [0.1, 0.15) is 32.6 Å². The van der Waals surface area contributed by atoms with Gasteiger partial charge in [-0.3, -0.25) is 10.1 Å². The van der Waals surface area contributed by atoms with E-state index in [4.69, 9.17) is 15.6 Å². The Bertz CT molecular complexity index is 303. The number of epoxide rings is 1. The van der Waals surface area contributed by atoms with Gasteiger partial charge in [-0.15, -0.1) is 0 Å². The van der Waals surface area contributed by atoms with Crippen LogP contribution in [0.2, 0.25) is 0 Å². The summed E-state index contributed by atoms with van der Waals surface area (Å²) < 4.78 is 5.21. The fourth-order valence-corrected chi connectivity index (χ4v) is 4.10. The lowest BCUT2D eigenvalue weighted by Gasteiger charge is -2.22. The lowest BCUT2D eigenvalue weighted by atomic mass is 9.97. The molecule has 2 heterocycles. The van der Waals surface area contributed by atoms with Crippen molar-refractivity contribution >= 4 is 17.7 Å². The molecule has 0 aliphatic carbocycles. The second-order valence-electron chi connectivity index (χ2n) is 5.20. The molecule has 0 spiro atoms. The van der Waals surface area contributed by atoms with Gasteiger partial charge in [0.2, 0.25) is 0 Å². The van der Waals surface area contributed by atoms with Crippen LogP contribution in [0.25, 0.3) is 0 Å². The third-order valence-corrected chi connectivity index (χ3v) is 5.27. The summed E-state index contributed by atoms with van der Waals surface area (Å²) in [6, 6.07) is 0.443. The number of carboxylic acids is 1. The van der Waals surface area contributed by atoms with Gasteiger partial charge in [0.05, 0.1) is 0 Å².